The summed E-state index contributed by atoms with van der Waals surface area (Å²) in [4.78, 5) is 14.4. The van der Waals surface area contributed by atoms with Gasteiger partial charge in [0.05, 0.1) is 6.04 Å². The van der Waals surface area contributed by atoms with E-state index in [4.69, 9.17) is 11.5 Å². The van der Waals surface area contributed by atoms with Gasteiger partial charge in [-0.15, -0.1) is 11.3 Å². The summed E-state index contributed by atoms with van der Waals surface area (Å²) < 4.78 is 0. The van der Waals surface area contributed by atoms with Gasteiger partial charge in [0.2, 0.25) is 5.91 Å². The number of hydrogen-bond acceptors (Lipinski definition) is 4. The van der Waals surface area contributed by atoms with Gasteiger partial charge in [-0.25, -0.2) is 0 Å². The van der Waals surface area contributed by atoms with E-state index >= 15 is 0 Å². The summed E-state index contributed by atoms with van der Waals surface area (Å²) in [6.07, 6.45) is 0. The fourth-order valence-electron chi connectivity index (χ4n) is 1.40. The Bertz CT molecular complexity index is 324. The number of nitrogens with two attached hydrogens (primary N) is 2. The fourth-order valence-corrected chi connectivity index (χ4v) is 2.13. The van der Waals surface area contributed by atoms with E-state index in [0.717, 1.165) is 6.54 Å². The molecule has 0 aliphatic heterocycles. The number of hydrogen-bond donors (Lipinski definition) is 2. The second kappa shape index (κ2) is 5.98. The first-order chi connectivity index (χ1) is 7.50. The van der Waals surface area contributed by atoms with E-state index in [1.54, 1.807) is 11.3 Å². The molecule has 16 heavy (non-hydrogen) atoms. The fraction of sp³-hybridized carbons (Fsp3) is 0.545. The molecule has 1 aromatic heterocycles. The average molecular weight is 241 g/mol. The van der Waals surface area contributed by atoms with Crippen LogP contribution in [0.3, 0.4) is 0 Å². The first-order valence-corrected chi connectivity index (χ1v) is 6.20. The smallest absolute Gasteiger partial charge is 0.235 e. The summed E-state index contributed by atoms with van der Waals surface area (Å²) >= 11 is 1.71. The molecule has 1 unspecified atom stereocenters. The highest BCUT2D eigenvalue weighted by molar-refractivity contribution is 7.09. The van der Waals surface area contributed by atoms with Gasteiger partial charge in [0.1, 0.15) is 0 Å². The molecule has 0 spiro atoms. The molecule has 0 fully saturated rings. The standard InChI is InChI=1S/C11H19N3OS/c1-8(2)14(7-10(12)11(13)15)6-9-4-3-5-16-9/h3-5,8,10H,6-7,12H2,1-2H3,(H2,13,15). The van der Waals surface area contributed by atoms with Crippen LogP contribution in [-0.2, 0) is 11.3 Å². The second-order valence-corrected chi connectivity index (χ2v) is 5.14. The van der Waals surface area contributed by atoms with Gasteiger partial charge in [0.25, 0.3) is 0 Å². The molecule has 1 heterocycles. The molecule has 1 amide bonds. The summed E-state index contributed by atoms with van der Waals surface area (Å²) in [6.45, 7) is 5.49. The number of carbonyl (C=O) groups excluding carboxylic acids is 1. The molecule has 1 aromatic rings. The highest BCUT2D eigenvalue weighted by atomic mass is 32.1. The van der Waals surface area contributed by atoms with Crippen LogP contribution in [0.5, 0.6) is 0 Å². The molecule has 0 saturated heterocycles. The highest BCUT2D eigenvalue weighted by Gasteiger charge is 2.17. The van der Waals surface area contributed by atoms with E-state index in [1.165, 1.54) is 4.88 Å². The van der Waals surface area contributed by atoms with Crippen LogP contribution in [0, 0.1) is 0 Å². The molecule has 0 aromatic carbocycles. The van der Waals surface area contributed by atoms with Crippen molar-refractivity contribution in [1.29, 1.82) is 0 Å². The van der Waals surface area contributed by atoms with Crippen LogP contribution >= 0.6 is 11.3 Å². The summed E-state index contributed by atoms with van der Waals surface area (Å²) in [6, 6.07) is 3.84. The van der Waals surface area contributed by atoms with E-state index in [-0.39, 0.29) is 0 Å². The van der Waals surface area contributed by atoms with E-state index in [2.05, 4.69) is 24.8 Å². The van der Waals surface area contributed by atoms with Gasteiger partial charge in [-0.1, -0.05) is 6.07 Å². The minimum atomic E-state index is -0.595. The van der Waals surface area contributed by atoms with Gasteiger partial charge in [0, 0.05) is 24.0 Å². The van der Waals surface area contributed by atoms with Crippen molar-refractivity contribution in [3.8, 4) is 0 Å². The van der Waals surface area contributed by atoms with Crippen LogP contribution in [0.4, 0.5) is 0 Å². The predicted octanol–water partition coefficient (Wildman–Crippen LogP) is 0.771. The first-order valence-electron chi connectivity index (χ1n) is 5.32. The van der Waals surface area contributed by atoms with E-state index in [1.807, 2.05) is 11.4 Å². The zero-order valence-corrected chi connectivity index (χ0v) is 10.5. The zero-order valence-electron chi connectivity index (χ0n) is 9.72. The van der Waals surface area contributed by atoms with Crippen LogP contribution in [0.15, 0.2) is 17.5 Å². The minimum absolute atomic E-state index is 0.340. The topological polar surface area (TPSA) is 72.3 Å². The maximum Gasteiger partial charge on any atom is 0.235 e. The lowest BCUT2D eigenvalue weighted by atomic mass is 10.2. The van der Waals surface area contributed by atoms with E-state index in [9.17, 15) is 4.79 Å². The number of rotatable bonds is 6. The third kappa shape index (κ3) is 3.92. The Morgan fingerprint density at radius 1 is 1.56 bits per heavy atom. The number of amides is 1. The van der Waals surface area contributed by atoms with Crippen LogP contribution < -0.4 is 11.5 Å². The molecule has 0 radical (unpaired) electrons. The summed E-state index contributed by atoms with van der Waals surface area (Å²) in [5.41, 5.74) is 10.8. The van der Waals surface area contributed by atoms with Crippen LogP contribution in [0.1, 0.15) is 18.7 Å². The van der Waals surface area contributed by atoms with Gasteiger partial charge in [-0.05, 0) is 25.3 Å². The molecule has 90 valence electrons. The molecule has 0 saturated carbocycles. The van der Waals surface area contributed by atoms with Crippen molar-refractivity contribution in [3.63, 3.8) is 0 Å². The lowest BCUT2D eigenvalue weighted by Gasteiger charge is -2.27. The van der Waals surface area contributed by atoms with Gasteiger partial charge in [-0.2, -0.15) is 0 Å². The number of primary amides is 1. The Hall–Kier alpha value is -0.910. The second-order valence-electron chi connectivity index (χ2n) is 4.11. The number of carbonyl (C=O) groups is 1. The Morgan fingerprint density at radius 3 is 2.69 bits per heavy atom. The molecule has 1 rings (SSSR count). The quantitative estimate of drug-likeness (QED) is 0.772. The van der Waals surface area contributed by atoms with E-state index < -0.39 is 11.9 Å². The third-order valence-corrected chi connectivity index (χ3v) is 3.33. The van der Waals surface area contributed by atoms with Crippen molar-refractivity contribution in [3.05, 3.63) is 22.4 Å². The molecule has 0 aliphatic rings. The van der Waals surface area contributed by atoms with Gasteiger partial charge < -0.3 is 11.5 Å². The molecular formula is C11H19N3OS. The van der Waals surface area contributed by atoms with Crippen molar-refractivity contribution >= 4 is 17.2 Å². The van der Waals surface area contributed by atoms with Crippen LogP contribution in [-0.4, -0.2) is 29.4 Å². The molecule has 5 heteroatoms. The Morgan fingerprint density at radius 2 is 2.25 bits per heavy atom. The summed E-state index contributed by atoms with van der Waals surface area (Å²) in [7, 11) is 0. The molecule has 0 bridgehead atoms. The molecule has 0 aliphatic carbocycles. The van der Waals surface area contributed by atoms with Gasteiger partial charge >= 0.3 is 0 Å². The predicted molar refractivity (Wildman–Crippen MR) is 67.0 cm³/mol. The maximum absolute atomic E-state index is 10.9. The van der Waals surface area contributed by atoms with Gasteiger partial charge in [0.15, 0.2) is 0 Å². The summed E-state index contributed by atoms with van der Waals surface area (Å²) in [5.74, 6) is -0.447. The third-order valence-electron chi connectivity index (χ3n) is 2.47. The molecule has 4 nitrogen and oxygen atoms in total. The minimum Gasteiger partial charge on any atom is -0.368 e. The normalized spacial score (nSPS) is 13.3. The van der Waals surface area contributed by atoms with Crippen LogP contribution in [0.25, 0.3) is 0 Å². The van der Waals surface area contributed by atoms with Crippen LogP contribution in [0.2, 0.25) is 0 Å². The zero-order chi connectivity index (χ0) is 12.1. The SMILES string of the molecule is CC(C)N(Cc1cccs1)CC(N)C(N)=O. The van der Waals surface area contributed by atoms with Crippen molar-refractivity contribution in [2.24, 2.45) is 11.5 Å². The highest BCUT2D eigenvalue weighted by Crippen LogP contribution is 2.13. The van der Waals surface area contributed by atoms with Gasteiger partial charge in [-0.3, -0.25) is 9.69 Å². The lowest BCUT2D eigenvalue weighted by molar-refractivity contribution is -0.119. The Balaban J connectivity index is 2.58. The largest absolute Gasteiger partial charge is 0.368 e. The average Bonchev–Trinajstić information content (AvgIpc) is 2.68. The van der Waals surface area contributed by atoms with Crippen molar-refractivity contribution in [2.45, 2.75) is 32.5 Å². The Kier molecular flexibility index (Phi) is 4.92. The monoisotopic (exact) mass is 241 g/mol. The molecule has 4 N–H and O–H groups in total. The van der Waals surface area contributed by atoms with Crippen molar-refractivity contribution < 1.29 is 4.79 Å². The Labute approximate surface area is 100 Å². The lowest BCUT2D eigenvalue weighted by Crippen LogP contribution is -2.47. The van der Waals surface area contributed by atoms with Crippen molar-refractivity contribution in [1.82, 2.24) is 4.90 Å². The number of nitrogens with zero attached hydrogens (tertiary/aromatic N) is 1. The summed E-state index contributed by atoms with van der Waals surface area (Å²) in [5, 5.41) is 2.04. The van der Waals surface area contributed by atoms with E-state index in [0.29, 0.717) is 12.6 Å². The first kappa shape index (κ1) is 13.2. The van der Waals surface area contributed by atoms with Crippen molar-refractivity contribution in [2.75, 3.05) is 6.54 Å². The molecule has 1 atom stereocenters. The number of thiophene rings is 1. The maximum atomic E-state index is 10.9. The molecular weight excluding hydrogens is 222 g/mol.